The molecule has 0 aliphatic heterocycles. The van der Waals surface area contributed by atoms with E-state index in [1.807, 2.05) is 43.5 Å². The van der Waals surface area contributed by atoms with Crippen molar-refractivity contribution in [3.05, 3.63) is 52.7 Å². The van der Waals surface area contributed by atoms with E-state index in [-0.39, 0.29) is 12.5 Å². The molecule has 0 saturated carbocycles. The molecule has 1 amide bonds. The first-order chi connectivity index (χ1) is 12.0. The van der Waals surface area contributed by atoms with Crippen LogP contribution >= 0.6 is 11.3 Å². The molecule has 3 rings (SSSR count). The monoisotopic (exact) mass is 357 g/mol. The molecule has 0 fully saturated rings. The first-order valence-electron chi connectivity index (χ1n) is 7.90. The van der Waals surface area contributed by atoms with Crippen LogP contribution in [-0.2, 0) is 11.3 Å². The first-order valence-corrected chi connectivity index (χ1v) is 8.78. The highest BCUT2D eigenvalue weighted by atomic mass is 32.1. The largest absolute Gasteiger partial charge is 0.481 e. The summed E-state index contributed by atoms with van der Waals surface area (Å²) in [7, 11) is 0. The molecule has 1 aromatic carbocycles. The van der Waals surface area contributed by atoms with Gasteiger partial charge in [-0.05, 0) is 55.5 Å². The van der Waals surface area contributed by atoms with Gasteiger partial charge in [0.1, 0.15) is 5.75 Å². The lowest BCUT2D eigenvalue weighted by molar-refractivity contribution is -0.127. The summed E-state index contributed by atoms with van der Waals surface area (Å²) in [5.74, 6) is 1.32. The number of carbonyl (C=O) groups is 1. The van der Waals surface area contributed by atoms with Crippen LogP contribution in [0.1, 0.15) is 23.9 Å². The summed E-state index contributed by atoms with van der Waals surface area (Å²) < 4.78 is 10.9. The van der Waals surface area contributed by atoms with E-state index in [1.165, 1.54) is 11.3 Å². The van der Waals surface area contributed by atoms with Crippen molar-refractivity contribution in [2.75, 3.05) is 0 Å². The van der Waals surface area contributed by atoms with Crippen LogP contribution in [0.2, 0.25) is 0 Å². The summed E-state index contributed by atoms with van der Waals surface area (Å²) in [6.07, 6.45) is -0.624. The molecule has 0 saturated heterocycles. The number of amides is 1. The van der Waals surface area contributed by atoms with Crippen molar-refractivity contribution < 1.29 is 14.1 Å². The molecule has 2 aromatic heterocycles. The van der Waals surface area contributed by atoms with E-state index in [0.29, 0.717) is 17.5 Å². The Bertz CT molecular complexity index is 838. The fourth-order valence-corrected chi connectivity index (χ4v) is 3.05. The second-order valence-electron chi connectivity index (χ2n) is 5.79. The maximum absolute atomic E-state index is 12.2. The molecule has 1 atom stereocenters. The number of rotatable bonds is 6. The number of thiophene rings is 1. The zero-order valence-corrected chi connectivity index (χ0v) is 15.1. The maximum atomic E-state index is 12.2. The Morgan fingerprint density at radius 1 is 1.32 bits per heavy atom. The average Bonchev–Trinajstić information content (AvgIpc) is 3.22. The molecule has 0 aliphatic carbocycles. The third-order valence-corrected chi connectivity index (χ3v) is 4.37. The second-order valence-corrected chi connectivity index (χ2v) is 6.74. The van der Waals surface area contributed by atoms with Gasteiger partial charge in [0.05, 0.1) is 11.4 Å². The number of ether oxygens (including phenoxy) is 1. The molecule has 6 nitrogen and oxygen atoms in total. The van der Waals surface area contributed by atoms with Crippen LogP contribution in [0, 0.1) is 13.8 Å². The Morgan fingerprint density at radius 2 is 2.08 bits per heavy atom. The highest BCUT2D eigenvalue weighted by Gasteiger charge is 2.16. The summed E-state index contributed by atoms with van der Waals surface area (Å²) >= 11 is 1.53. The van der Waals surface area contributed by atoms with Crippen molar-refractivity contribution >= 4 is 17.2 Å². The minimum Gasteiger partial charge on any atom is -0.481 e. The molecule has 1 N–H and O–H groups in total. The first kappa shape index (κ1) is 17.2. The van der Waals surface area contributed by atoms with E-state index in [1.54, 1.807) is 6.92 Å². The number of nitrogens with one attached hydrogen (secondary N) is 1. The van der Waals surface area contributed by atoms with Crippen molar-refractivity contribution in [2.45, 2.75) is 33.4 Å². The quantitative estimate of drug-likeness (QED) is 0.730. The maximum Gasteiger partial charge on any atom is 0.261 e. The zero-order chi connectivity index (χ0) is 17.8. The van der Waals surface area contributed by atoms with Crippen LogP contribution in [0.4, 0.5) is 0 Å². The topological polar surface area (TPSA) is 77.2 Å². The Kier molecular flexibility index (Phi) is 5.14. The molecule has 1 unspecified atom stereocenters. The van der Waals surface area contributed by atoms with Crippen molar-refractivity contribution in [1.29, 1.82) is 0 Å². The number of benzene rings is 1. The van der Waals surface area contributed by atoms with Gasteiger partial charge in [-0.3, -0.25) is 4.79 Å². The van der Waals surface area contributed by atoms with Gasteiger partial charge >= 0.3 is 0 Å². The molecule has 3 aromatic rings. The molecular weight excluding hydrogens is 338 g/mol. The summed E-state index contributed by atoms with van der Waals surface area (Å²) in [5, 5.41) is 8.60. The molecular formula is C18H19N3O3S. The Morgan fingerprint density at radius 3 is 2.76 bits per heavy atom. The summed E-state index contributed by atoms with van der Waals surface area (Å²) in [5.41, 5.74) is 2.18. The third kappa shape index (κ3) is 4.45. The van der Waals surface area contributed by atoms with Gasteiger partial charge in [-0.2, -0.15) is 4.98 Å². The highest BCUT2D eigenvalue weighted by Crippen LogP contribution is 2.21. The standard InChI is InChI=1S/C18H19N3O3S/c1-11-7-12(2)9-14(8-11)23-13(3)18(22)19-10-16-20-17(21-24-16)15-5-4-6-25-15/h4-9,13H,10H2,1-3H3,(H,19,22). The summed E-state index contributed by atoms with van der Waals surface area (Å²) in [4.78, 5) is 17.4. The number of aromatic nitrogens is 2. The minimum absolute atomic E-state index is 0.164. The molecule has 25 heavy (non-hydrogen) atoms. The molecule has 2 heterocycles. The van der Waals surface area contributed by atoms with Gasteiger partial charge in [0.25, 0.3) is 5.91 Å². The van der Waals surface area contributed by atoms with Crippen LogP contribution in [0.15, 0.2) is 40.2 Å². The number of hydrogen-bond donors (Lipinski definition) is 1. The smallest absolute Gasteiger partial charge is 0.261 e. The molecule has 0 spiro atoms. The number of carbonyl (C=O) groups excluding carboxylic acids is 1. The molecule has 130 valence electrons. The van der Waals surface area contributed by atoms with Crippen molar-refractivity contribution in [3.63, 3.8) is 0 Å². The fourth-order valence-electron chi connectivity index (χ4n) is 2.40. The Balaban J connectivity index is 1.55. The van der Waals surface area contributed by atoms with E-state index >= 15 is 0 Å². The van der Waals surface area contributed by atoms with Gasteiger partial charge in [-0.15, -0.1) is 11.3 Å². The van der Waals surface area contributed by atoms with Gasteiger partial charge in [0.2, 0.25) is 11.7 Å². The van der Waals surface area contributed by atoms with Crippen LogP contribution in [0.25, 0.3) is 10.7 Å². The second kappa shape index (κ2) is 7.48. The number of aryl methyl sites for hydroxylation is 2. The lowest BCUT2D eigenvalue weighted by atomic mass is 10.1. The highest BCUT2D eigenvalue weighted by molar-refractivity contribution is 7.13. The van der Waals surface area contributed by atoms with E-state index in [0.717, 1.165) is 16.0 Å². The normalized spacial score (nSPS) is 12.0. The minimum atomic E-state index is -0.624. The van der Waals surface area contributed by atoms with Gasteiger partial charge in [-0.1, -0.05) is 17.3 Å². The van der Waals surface area contributed by atoms with E-state index in [9.17, 15) is 4.79 Å². The third-order valence-electron chi connectivity index (χ3n) is 3.50. The fraction of sp³-hybridized carbons (Fsp3) is 0.278. The van der Waals surface area contributed by atoms with E-state index in [4.69, 9.17) is 9.26 Å². The zero-order valence-electron chi connectivity index (χ0n) is 14.3. The van der Waals surface area contributed by atoms with Gasteiger partial charge in [-0.25, -0.2) is 0 Å². The van der Waals surface area contributed by atoms with Crippen LogP contribution < -0.4 is 10.1 Å². The SMILES string of the molecule is Cc1cc(C)cc(OC(C)C(=O)NCc2nc(-c3cccs3)no2)c1. The van der Waals surface area contributed by atoms with Gasteiger partial charge in [0, 0.05) is 0 Å². The van der Waals surface area contributed by atoms with E-state index < -0.39 is 6.10 Å². The van der Waals surface area contributed by atoms with Crippen LogP contribution in [0.5, 0.6) is 5.75 Å². The summed E-state index contributed by atoms with van der Waals surface area (Å²) in [6.45, 7) is 5.85. The average molecular weight is 357 g/mol. The Labute approximate surface area is 149 Å². The molecule has 0 aliphatic rings. The lowest BCUT2D eigenvalue weighted by Crippen LogP contribution is -2.36. The van der Waals surface area contributed by atoms with E-state index in [2.05, 4.69) is 21.5 Å². The van der Waals surface area contributed by atoms with Gasteiger partial charge < -0.3 is 14.6 Å². The van der Waals surface area contributed by atoms with Crippen LogP contribution in [0.3, 0.4) is 0 Å². The van der Waals surface area contributed by atoms with Crippen molar-refractivity contribution in [3.8, 4) is 16.5 Å². The molecule has 0 bridgehead atoms. The molecule has 0 radical (unpaired) electrons. The van der Waals surface area contributed by atoms with Crippen molar-refractivity contribution in [1.82, 2.24) is 15.5 Å². The predicted molar refractivity (Wildman–Crippen MR) is 95.5 cm³/mol. The van der Waals surface area contributed by atoms with Crippen LogP contribution in [-0.4, -0.2) is 22.2 Å². The number of hydrogen-bond acceptors (Lipinski definition) is 6. The predicted octanol–water partition coefficient (Wildman–Crippen LogP) is 3.50. The van der Waals surface area contributed by atoms with Crippen molar-refractivity contribution in [2.24, 2.45) is 0 Å². The molecule has 7 heteroatoms. The van der Waals surface area contributed by atoms with Gasteiger partial charge in [0.15, 0.2) is 6.10 Å². The Hall–Kier alpha value is -2.67. The lowest BCUT2D eigenvalue weighted by Gasteiger charge is -2.15. The summed E-state index contributed by atoms with van der Waals surface area (Å²) in [6, 6.07) is 9.70. The number of nitrogens with zero attached hydrogens (tertiary/aromatic N) is 2.